The molecule has 1 spiro atoms. The van der Waals surface area contributed by atoms with Crippen molar-refractivity contribution in [3.63, 3.8) is 0 Å². The molecule has 3 aromatic rings. The first-order chi connectivity index (χ1) is 18.9. The molecule has 2 heterocycles. The fourth-order valence-electron chi connectivity index (χ4n) is 7.16. The Morgan fingerprint density at radius 3 is 2.52 bits per heavy atom. The Labute approximate surface area is 236 Å². The van der Waals surface area contributed by atoms with Gasteiger partial charge in [0.05, 0.1) is 17.3 Å². The average molecular weight is 567 g/mol. The number of nitrogens with zero attached hydrogens (tertiary/aromatic N) is 2. The van der Waals surface area contributed by atoms with E-state index in [1.165, 1.54) is 4.31 Å². The standard InChI is InChI=1S/C32H39FN2O4S/c1-4-22-19-35-20-32(12-13-32)40(38,39)34(3)27-16-24(15-26(22)29(27)35)28(36)17-25(14-21-8-6-5-7-9-21)30(37)23-10-11-31(2,33)18-23/h5-9,15-16,19,23,25,30,37H,4,10-14,17-18,20H2,1-3H3/t23-,25-,30-,31?/m1/s1. The number of hydrogen-bond donors (Lipinski definition) is 1. The molecule has 0 radical (unpaired) electrons. The third kappa shape index (κ3) is 4.57. The maximum absolute atomic E-state index is 14.7. The van der Waals surface area contributed by atoms with Gasteiger partial charge in [-0.15, -0.1) is 0 Å². The fourth-order valence-corrected chi connectivity index (χ4v) is 9.06. The lowest BCUT2D eigenvalue weighted by Gasteiger charge is -2.28. The van der Waals surface area contributed by atoms with Crippen molar-refractivity contribution in [3.8, 4) is 0 Å². The van der Waals surface area contributed by atoms with Crippen LogP contribution in [0.3, 0.4) is 0 Å². The molecule has 0 bridgehead atoms. The summed E-state index contributed by atoms with van der Waals surface area (Å²) in [7, 11) is -1.98. The lowest BCUT2D eigenvalue weighted by atomic mass is 9.81. The maximum atomic E-state index is 14.7. The molecule has 1 aliphatic heterocycles. The van der Waals surface area contributed by atoms with Crippen LogP contribution >= 0.6 is 0 Å². The summed E-state index contributed by atoms with van der Waals surface area (Å²) in [4.78, 5) is 14.0. The molecule has 214 valence electrons. The number of anilines is 1. The van der Waals surface area contributed by atoms with Gasteiger partial charge in [-0.05, 0) is 87.0 Å². The van der Waals surface area contributed by atoms with E-state index in [4.69, 9.17) is 0 Å². The molecule has 1 unspecified atom stereocenters. The average Bonchev–Trinajstić information content (AvgIpc) is 3.53. The smallest absolute Gasteiger partial charge is 0.242 e. The topological polar surface area (TPSA) is 79.6 Å². The molecule has 1 aromatic heterocycles. The van der Waals surface area contributed by atoms with Crippen molar-refractivity contribution < 1.29 is 22.7 Å². The van der Waals surface area contributed by atoms with E-state index < -0.39 is 26.5 Å². The number of rotatable bonds is 8. The lowest BCUT2D eigenvalue weighted by molar-refractivity contribution is 0.0389. The van der Waals surface area contributed by atoms with Crippen molar-refractivity contribution in [2.24, 2.45) is 11.8 Å². The summed E-state index contributed by atoms with van der Waals surface area (Å²) in [5.74, 6) is -0.712. The minimum absolute atomic E-state index is 0.100. The Bertz CT molecular complexity index is 1560. The molecular weight excluding hydrogens is 527 g/mol. The monoisotopic (exact) mass is 566 g/mol. The summed E-state index contributed by atoms with van der Waals surface area (Å²) in [5, 5.41) is 12.4. The number of aryl methyl sites for hydroxylation is 1. The number of aromatic nitrogens is 1. The molecule has 0 saturated heterocycles. The number of halogens is 1. The molecule has 0 amide bonds. The first-order valence-corrected chi connectivity index (χ1v) is 16.0. The van der Waals surface area contributed by atoms with Crippen molar-refractivity contribution in [2.75, 3.05) is 11.4 Å². The Morgan fingerprint density at radius 2 is 1.90 bits per heavy atom. The van der Waals surface area contributed by atoms with Crippen LogP contribution in [0.2, 0.25) is 0 Å². The zero-order valence-corrected chi connectivity index (χ0v) is 24.4. The first-order valence-electron chi connectivity index (χ1n) is 14.5. The third-order valence-corrected chi connectivity index (χ3v) is 12.3. The Balaban J connectivity index is 1.37. The Morgan fingerprint density at radius 1 is 1.18 bits per heavy atom. The summed E-state index contributed by atoms with van der Waals surface area (Å²) >= 11 is 0. The second-order valence-corrected chi connectivity index (χ2v) is 15.0. The van der Waals surface area contributed by atoms with Gasteiger partial charge in [-0.25, -0.2) is 12.8 Å². The molecule has 6 rings (SSSR count). The molecule has 40 heavy (non-hydrogen) atoms. The van der Waals surface area contributed by atoms with Gasteiger partial charge in [0, 0.05) is 37.2 Å². The van der Waals surface area contributed by atoms with Gasteiger partial charge in [0.25, 0.3) is 0 Å². The van der Waals surface area contributed by atoms with Gasteiger partial charge >= 0.3 is 0 Å². The van der Waals surface area contributed by atoms with Crippen molar-refractivity contribution in [3.05, 3.63) is 65.4 Å². The van der Waals surface area contributed by atoms with Gasteiger partial charge in [0.1, 0.15) is 10.4 Å². The summed E-state index contributed by atoms with van der Waals surface area (Å²) < 4.78 is 44.6. The molecule has 3 aliphatic rings. The van der Waals surface area contributed by atoms with E-state index in [0.717, 1.165) is 28.5 Å². The highest BCUT2D eigenvalue weighted by molar-refractivity contribution is 7.94. The van der Waals surface area contributed by atoms with Crippen LogP contribution in [0, 0.1) is 11.8 Å². The van der Waals surface area contributed by atoms with Crippen molar-refractivity contribution in [1.82, 2.24) is 4.57 Å². The van der Waals surface area contributed by atoms with E-state index in [2.05, 4.69) is 11.5 Å². The van der Waals surface area contributed by atoms with E-state index in [0.29, 0.717) is 56.3 Å². The van der Waals surface area contributed by atoms with E-state index in [1.54, 1.807) is 20.0 Å². The number of aliphatic hydroxyl groups excluding tert-OH is 1. The second kappa shape index (κ2) is 9.69. The van der Waals surface area contributed by atoms with E-state index in [9.17, 15) is 22.7 Å². The molecule has 1 N–H and O–H groups in total. The van der Waals surface area contributed by atoms with Crippen LogP contribution < -0.4 is 4.31 Å². The number of ketones is 1. The minimum atomic E-state index is -3.58. The maximum Gasteiger partial charge on any atom is 0.242 e. The van der Waals surface area contributed by atoms with Crippen molar-refractivity contribution >= 4 is 32.4 Å². The summed E-state index contributed by atoms with van der Waals surface area (Å²) in [5.41, 5.74) is 2.66. The first kappa shape index (κ1) is 27.5. The number of carbonyl (C=O) groups excluding carboxylic acids is 1. The van der Waals surface area contributed by atoms with Gasteiger partial charge in [-0.1, -0.05) is 37.3 Å². The number of alkyl halides is 1. The second-order valence-electron chi connectivity index (χ2n) is 12.7. The van der Waals surface area contributed by atoms with Gasteiger partial charge in [0.2, 0.25) is 10.0 Å². The van der Waals surface area contributed by atoms with Crippen molar-refractivity contribution in [2.45, 2.75) is 88.3 Å². The predicted octanol–water partition coefficient (Wildman–Crippen LogP) is 5.84. The van der Waals surface area contributed by atoms with Crippen LogP contribution in [0.15, 0.2) is 48.7 Å². The van der Waals surface area contributed by atoms with Crippen LogP contribution in [0.25, 0.3) is 10.9 Å². The summed E-state index contributed by atoms with van der Waals surface area (Å²) in [6.45, 7) is 4.09. The van der Waals surface area contributed by atoms with Crippen LogP contribution in [0.4, 0.5) is 10.1 Å². The minimum Gasteiger partial charge on any atom is -0.393 e. The molecule has 2 aliphatic carbocycles. The Hall–Kier alpha value is -2.71. The van der Waals surface area contributed by atoms with Crippen LogP contribution in [-0.2, 0) is 29.4 Å². The van der Waals surface area contributed by atoms with Crippen LogP contribution in [0.1, 0.15) is 73.9 Å². The molecule has 6 nitrogen and oxygen atoms in total. The highest BCUT2D eigenvalue weighted by Gasteiger charge is 2.58. The zero-order valence-electron chi connectivity index (χ0n) is 23.6. The lowest BCUT2D eigenvalue weighted by Crippen LogP contribution is -2.38. The molecule has 2 aromatic carbocycles. The van der Waals surface area contributed by atoms with E-state index in [1.807, 2.05) is 42.6 Å². The molecule has 8 heteroatoms. The fraction of sp³-hybridized carbons (Fsp3) is 0.531. The predicted molar refractivity (Wildman–Crippen MR) is 156 cm³/mol. The molecule has 4 atom stereocenters. The summed E-state index contributed by atoms with van der Waals surface area (Å²) in [6.07, 6.45) is 5.20. The van der Waals surface area contributed by atoms with Gasteiger partial charge in [-0.2, -0.15) is 0 Å². The zero-order chi connectivity index (χ0) is 28.4. The summed E-state index contributed by atoms with van der Waals surface area (Å²) in [6, 6.07) is 13.4. The van der Waals surface area contributed by atoms with E-state index in [-0.39, 0.29) is 24.0 Å². The number of Topliss-reactive ketones (excluding diaryl/α,β-unsaturated/α-hetero) is 1. The molecule has 2 fully saturated rings. The number of sulfonamides is 1. The highest BCUT2D eigenvalue weighted by Crippen LogP contribution is 2.51. The van der Waals surface area contributed by atoms with Gasteiger partial charge in [-0.3, -0.25) is 9.10 Å². The van der Waals surface area contributed by atoms with E-state index >= 15 is 0 Å². The van der Waals surface area contributed by atoms with Crippen molar-refractivity contribution in [1.29, 1.82) is 0 Å². The normalized spacial score (nSPS) is 26.1. The number of carbonyl (C=O) groups is 1. The highest BCUT2D eigenvalue weighted by atomic mass is 32.2. The Kier molecular flexibility index (Phi) is 6.65. The molecule has 2 saturated carbocycles. The SMILES string of the molecule is CCc1cn2c3c(cc(C(=O)C[C@@H](Cc4ccccc4)[C@H](O)[C@@H]4CCC(C)(F)C4)cc13)N(C)S(=O)(=O)C1(CC1)C2. The number of aliphatic hydroxyl groups is 1. The largest absolute Gasteiger partial charge is 0.393 e. The van der Waals surface area contributed by atoms with Gasteiger partial charge < -0.3 is 9.67 Å². The quantitative estimate of drug-likeness (QED) is 0.348. The van der Waals surface area contributed by atoms with Crippen LogP contribution in [0.5, 0.6) is 0 Å². The van der Waals surface area contributed by atoms with Gasteiger partial charge in [0.15, 0.2) is 5.78 Å². The van der Waals surface area contributed by atoms with Crippen LogP contribution in [-0.4, -0.2) is 47.4 Å². The third-order valence-electron chi connectivity index (χ3n) is 9.73. The number of benzene rings is 2. The number of hydrogen-bond acceptors (Lipinski definition) is 4. The molecular formula is C32H39FN2O4S.